The van der Waals surface area contributed by atoms with Gasteiger partial charge in [0.15, 0.2) is 11.5 Å². The van der Waals surface area contributed by atoms with Gasteiger partial charge in [0.05, 0.1) is 0 Å². The van der Waals surface area contributed by atoms with Gasteiger partial charge in [-0.1, -0.05) is 12.1 Å². The Morgan fingerprint density at radius 3 is 3.12 bits per heavy atom. The van der Waals surface area contributed by atoms with E-state index in [1.54, 1.807) is 13.2 Å². The predicted molar refractivity (Wildman–Crippen MR) is 60.4 cm³/mol. The molecule has 2 N–H and O–H groups in total. The van der Waals surface area contributed by atoms with Gasteiger partial charge >= 0.3 is 0 Å². The monoisotopic (exact) mass is 242 g/mol. The first-order valence-electron chi connectivity index (χ1n) is 5.51. The lowest BCUT2D eigenvalue weighted by molar-refractivity contribution is 0.0935. The van der Waals surface area contributed by atoms with Crippen LogP contribution in [0.25, 0.3) is 0 Å². The van der Waals surface area contributed by atoms with Crippen LogP contribution in [0.15, 0.2) is 10.6 Å². The lowest BCUT2D eigenvalue weighted by Crippen LogP contribution is -2.28. The highest BCUT2D eigenvalue weighted by Crippen LogP contribution is 2.05. The van der Waals surface area contributed by atoms with Crippen LogP contribution in [-0.4, -0.2) is 36.4 Å². The van der Waals surface area contributed by atoms with Crippen LogP contribution in [0.5, 0.6) is 0 Å². The highest BCUT2D eigenvalue weighted by atomic mass is 16.5. The molecule has 17 heavy (non-hydrogen) atoms. The Labute approximate surface area is 99.9 Å². The summed E-state index contributed by atoms with van der Waals surface area (Å²) in [4.78, 5) is 11.6. The number of methoxy groups -OCH3 is 1. The van der Waals surface area contributed by atoms with E-state index in [2.05, 4.69) is 10.5 Å². The van der Waals surface area contributed by atoms with Crippen LogP contribution in [0, 0.1) is 5.92 Å². The predicted octanol–water partition coefficient (Wildman–Crippen LogP) is 0.569. The summed E-state index contributed by atoms with van der Waals surface area (Å²) in [6.07, 6.45) is 0.661. The minimum atomic E-state index is -0.277. The van der Waals surface area contributed by atoms with Gasteiger partial charge in [-0.05, 0) is 12.3 Å². The molecule has 0 spiro atoms. The lowest BCUT2D eigenvalue weighted by atomic mass is 10.1. The van der Waals surface area contributed by atoms with Crippen LogP contribution >= 0.6 is 0 Å². The molecule has 0 aliphatic rings. The van der Waals surface area contributed by atoms with Crippen molar-refractivity contribution >= 4 is 5.91 Å². The maximum absolute atomic E-state index is 11.6. The van der Waals surface area contributed by atoms with E-state index in [0.29, 0.717) is 25.3 Å². The van der Waals surface area contributed by atoms with E-state index < -0.39 is 0 Å². The average Bonchev–Trinajstić information content (AvgIpc) is 2.75. The number of nitrogens with zero attached hydrogens (tertiary/aromatic N) is 1. The van der Waals surface area contributed by atoms with Gasteiger partial charge < -0.3 is 19.7 Å². The SMILES string of the molecule is COCc1cc(C(=O)NCC(C)CCO)no1. The standard InChI is InChI=1S/C11H18N2O4/c1-8(3-4-14)6-12-11(15)10-5-9(7-16-2)17-13-10/h5,8,14H,3-4,6-7H2,1-2H3,(H,12,15). The normalized spacial score (nSPS) is 12.4. The summed E-state index contributed by atoms with van der Waals surface area (Å²) in [5, 5.41) is 15.1. The van der Waals surface area contributed by atoms with Crippen molar-refractivity contribution in [2.24, 2.45) is 5.92 Å². The third-order valence-corrected chi connectivity index (χ3v) is 2.31. The summed E-state index contributed by atoms with van der Waals surface area (Å²) in [6.45, 7) is 2.88. The minimum absolute atomic E-state index is 0.124. The van der Waals surface area contributed by atoms with Gasteiger partial charge in [-0.15, -0.1) is 0 Å². The molecule has 6 heteroatoms. The number of aliphatic hydroxyl groups is 1. The van der Waals surface area contributed by atoms with Crippen molar-refractivity contribution in [2.75, 3.05) is 20.3 Å². The Bertz CT molecular complexity index is 351. The van der Waals surface area contributed by atoms with E-state index in [1.807, 2.05) is 6.92 Å². The molecule has 0 saturated carbocycles. The van der Waals surface area contributed by atoms with Crippen molar-refractivity contribution in [3.05, 3.63) is 17.5 Å². The largest absolute Gasteiger partial charge is 0.396 e. The third kappa shape index (κ3) is 4.54. The van der Waals surface area contributed by atoms with Crippen LogP contribution in [0.3, 0.4) is 0 Å². The second-order valence-corrected chi connectivity index (χ2v) is 3.94. The molecule has 1 aromatic heterocycles. The summed E-state index contributed by atoms with van der Waals surface area (Å²) >= 11 is 0. The Balaban J connectivity index is 2.40. The van der Waals surface area contributed by atoms with Crippen molar-refractivity contribution in [2.45, 2.75) is 20.0 Å². The number of aliphatic hydroxyl groups excluding tert-OH is 1. The van der Waals surface area contributed by atoms with E-state index in [9.17, 15) is 4.79 Å². The molecule has 1 aromatic rings. The zero-order valence-electron chi connectivity index (χ0n) is 10.1. The van der Waals surface area contributed by atoms with Gasteiger partial charge in [-0.3, -0.25) is 4.79 Å². The van der Waals surface area contributed by atoms with E-state index >= 15 is 0 Å². The van der Waals surface area contributed by atoms with Crippen LogP contribution in [0.1, 0.15) is 29.6 Å². The fourth-order valence-electron chi connectivity index (χ4n) is 1.31. The molecule has 0 saturated heterocycles. The van der Waals surface area contributed by atoms with Crippen LogP contribution in [-0.2, 0) is 11.3 Å². The molecular formula is C11H18N2O4. The topological polar surface area (TPSA) is 84.6 Å². The lowest BCUT2D eigenvalue weighted by Gasteiger charge is -2.09. The Hall–Kier alpha value is -1.40. The Morgan fingerprint density at radius 1 is 1.71 bits per heavy atom. The maximum atomic E-state index is 11.6. The molecule has 0 bridgehead atoms. The number of amides is 1. The van der Waals surface area contributed by atoms with Gasteiger partial charge in [0, 0.05) is 26.3 Å². The first-order valence-corrected chi connectivity index (χ1v) is 5.51. The second-order valence-electron chi connectivity index (χ2n) is 3.94. The molecule has 0 aromatic carbocycles. The molecule has 96 valence electrons. The molecule has 0 fully saturated rings. The molecule has 1 atom stereocenters. The van der Waals surface area contributed by atoms with Crippen molar-refractivity contribution in [1.29, 1.82) is 0 Å². The van der Waals surface area contributed by atoms with Gasteiger partial charge in [0.25, 0.3) is 5.91 Å². The number of hydrogen-bond acceptors (Lipinski definition) is 5. The van der Waals surface area contributed by atoms with Crippen LogP contribution in [0.4, 0.5) is 0 Å². The first kappa shape index (κ1) is 13.7. The number of carbonyl (C=O) groups is 1. The number of ether oxygens (including phenoxy) is 1. The highest BCUT2D eigenvalue weighted by Gasteiger charge is 2.13. The maximum Gasteiger partial charge on any atom is 0.273 e. The quantitative estimate of drug-likeness (QED) is 0.730. The molecule has 1 amide bonds. The molecule has 0 radical (unpaired) electrons. The first-order chi connectivity index (χ1) is 8.17. The number of nitrogens with one attached hydrogen (secondary N) is 1. The molecule has 6 nitrogen and oxygen atoms in total. The van der Waals surface area contributed by atoms with E-state index in [1.165, 1.54) is 0 Å². The van der Waals surface area contributed by atoms with E-state index in [-0.39, 0.29) is 24.1 Å². The van der Waals surface area contributed by atoms with Crippen LogP contribution < -0.4 is 5.32 Å². The molecular weight excluding hydrogens is 224 g/mol. The molecule has 1 heterocycles. The fraction of sp³-hybridized carbons (Fsp3) is 0.636. The van der Waals surface area contributed by atoms with E-state index in [0.717, 1.165) is 0 Å². The summed E-state index contributed by atoms with van der Waals surface area (Å²) < 4.78 is 9.76. The van der Waals surface area contributed by atoms with Crippen LogP contribution in [0.2, 0.25) is 0 Å². The summed E-state index contributed by atoms with van der Waals surface area (Å²) in [5.41, 5.74) is 0.244. The smallest absolute Gasteiger partial charge is 0.273 e. The van der Waals surface area contributed by atoms with Gasteiger partial charge in [0.2, 0.25) is 0 Å². The second kappa shape index (κ2) is 7.03. The van der Waals surface area contributed by atoms with Crippen molar-refractivity contribution in [1.82, 2.24) is 10.5 Å². The molecule has 0 aliphatic heterocycles. The molecule has 0 aliphatic carbocycles. The Kier molecular flexibility index (Phi) is 5.65. The zero-order valence-corrected chi connectivity index (χ0v) is 10.1. The van der Waals surface area contributed by atoms with Crippen molar-refractivity contribution in [3.63, 3.8) is 0 Å². The Morgan fingerprint density at radius 2 is 2.47 bits per heavy atom. The van der Waals surface area contributed by atoms with Crippen molar-refractivity contribution in [3.8, 4) is 0 Å². The average molecular weight is 242 g/mol. The highest BCUT2D eigenvalue weighted by molar-refractivity contribution is 5.92. The fourth-order valence-corrected chi connectivity index (χ4v) is 1.31. The number of carbonyl (C=O) groups excluding carboxylic acids is 1. The number of hydrogen-bond donors (Lipinski definition) is 2. The van der Waals surface area contributed by atoms with Gasteiger partial charge in [0.1, 0.15) is 6.61 Å². The summed E-state index contributed by atoms with van der Waals surface area (Å²) in [5.74, 6) is 0.469. The number of aromatic nitrogens is 1. The summed E-state index contributed by atoms with van der Waals surface area (Å²) in [7, 11) is 1.54. The van der Waals surface area contributed by atoms with Crippen molar-refractivity contribution < 1.29 is 19.2 Å². The van der Waals surface area contributed by atoms with E-state index in [4.69, 9.17) is 14.4 Å². The molecule has 1 rings (SSSR count). The zero-order chi connectivity index (χ0) is 12.7. The molecule has 1 unspecified atom stereocenters. The summed E-state index contributed by atoms with van der Waals surface area (Å²) in [6, 6.07) is 1.55. The third-order valence-electron chi connectivity index (χ3n) is 2.31. The minimum Gasteiger partial charge on any atom is -0.396 e. The van der Waals surface area contributed by atoms with Gasteiger partial charge in [-0.2, -0.15) is 0 Å². The van der Waals surface area contributed by atoms with Gasteiger partial charge in [-0.25, -0.2) is 0 Å². The number of rotatable bonds is 7.